The smallest absolute Gasteiger partial charge is 0.303 e. The van der Waals surface area contributed by atoms with Gasteiger partial charge in [-0.2, -0.15) is 0 Å². The highest BCUT2D eigenvalue weighted by molar-refractivity contribution is 5.67. The van der Waals surface area contributed by atoms with Crippen molar-refractivity contribution in [2.75, 3.05) is 0 Å². The summed E-state index contributed by atoms with van der Waals surface area (Å²) in [5.74, 6) is -0.536. The molecule has 3 nitrogen and oxygen atoms in total. The molecule has 0 aliphatic heterocycles. The molecule has 1 atom stereocenters. The van der Waals surface area contributed by atoms with Crippen LogP contribution in [0, 0.1) is 5.82 Å². The summed E-state index contributed by atoms with van der Waals surface area (Å²) in [7, 11) is 0. The first-order chi connectivity index (χ1) is 9.94. The molecular weight excluding hydrogens is 281 g/mol. The van der Waals surface area contributed by atoms with Crippen LogP contribution in [0.3, 0.4) is 0 Å². The Hall–Kier alpha value is -2.20. The van der Waals surface area contributed by atoms with E-state index in [1.165, 1.54) is 19.1 Å². The molecule has 0 spiro atoms. The van der Waals surface area contributed by atoms with Crippen molar-refractivity contribution in [2.24, 2.45) is 0 Å². The van der Waals surface area contributed by atoms with E-state index < -0.39 is 5.60 Å². The molecule has 0 aliphatic carbocycles. The lowest BCUT2D eigenvalue weighted by Gasteiger charge is -2.28. The molecule has 3 N–H and O–H groups in total. The van der Waals surface area contributed by atoms with Crippen LogP contribution < -0.4 is 6.15 Å². The van der Waals surface area contributed by atoms with Gasteiger partial charge in [0, 0.05) is 6.92 Å². The van der Waals surface area contributed by atoms with Gasteiger partial charge in [0.2, 0.25) is 0 Å². The average Bonchev–Trinajstić information content (AvgIpc) is 2.47. The quantitative estimate of drug-likeness (QED) is 0.822. The van der Waals surface area contributed by atoms with Crippen molar-refractivity contribution >= 4 is 5.97 Å². The van der Waals surface area contributed by atoms with Gasteiger partial charge in [-0.25, -0.2) is 4.39 Å². The summed E-state index contributed by atoms with van der Waals surface area (Å²) in [6.45, 7) is 5.30. The molecule has 0 saturated heterocycles. The first-order valence-electron chi connectivity index (χ1n) is 7.00. The Morgan fingerprint density at radius 1 is 1.05 bits per heavy atom. The number of halogens is 1. The fourth-order valence-corrected chi connectivity index (χ4v) is 2.31. The van der Waals surface area contributed by atoms with Crippen molar-refractivity contribution < 1.29 is 13.9 Å². The van der Waals surface area contributed by atoms with E-state index >= 15 is 0 Å². The van der Waals surface area contributed by atoms with Crippen molar-refractivity contribution in [1.82, 2.24) is 6.15 Å². The second-order valence-electron chi connectivity index (χ2n) is 5.26. The second-order valence-corrected chi connectivity index (χ2v) is 5.26. The van der Waals surface area contributed by atoms with E-state index in [0.717, 1.165) is 16.7 Å². The molecule has 0 aromatic heterocycles. The number of esters is 1. The van der Waals surface area contributed by atoms with Gasteiger partial charge in [0.1, 0.15) is 11.4 Å². The van der Waals surface area contributed by atoms with E-state index in [2.05, 4.69) is 0 Å². The monoisotopic (exact) mass is 303 g/mol. The summed E-state index contributed by atoms with van der Waals surface area (Å²) in [4.78, 5) is 11.3. The standard InChI is InChI=1S/C18H19FO2.H3N/c1-4-18(3,21-13(2)20)16-9-5-14(6-10-16)15-7-11-17(19)12-8-15;/h5-12H,4H2,1-3H3;1H3. The number of hydrogen-bond acceptors (Lipinski definition) is 3. The lowest BCUT2D eigenvalue weighted by molar-refractivity contribution is -0.156. The van der Waals surface area contributed by atoms with E-state index in [1.807, 2.05) is 38.1 Å². The summed E-state index contributed by atoms with van der Waals surface area (Å²) in [5, 5.41) is 0. The summed E-state index contributed by atoms with van der Waals surface area (Å²) in [5.41, 5.74) is 2.28. The molecule has 0 saturated carbocycles. The molecule has 0 heterocycles. The van der Waals surface area contributed by atoms with Crippen LogP contribution in [0.1, 0.15) is 32.8 Å². The summed E-state index contributed by atoms with van der Waals surface area (Å²) in [6.07, 6.45) is 0.697. The average molecular weight is 303 g/mol. The molecule has 0 aliphatic rings. The Labute approximate surface area is 130 Å². The minimum Gasteiger partial charge on any atom is -0.455 e. The fraction of sp³-hybridized carbons (Fsp3) is 0.278. The zero-order valence-electron chi connectivity index (χ0n) is 13.2. The summed E-state index contributed by atoms with van der Waals surface area (Å²) in [6, 6.07) is 14.2. The predicted molar refractivity (Wildman–Crippen MR) is 86.3 cm³/mol. The normalized spacial score (nSPS) is 12.9. The molecule has 2 rings (SSSR count). The van der Waals surface area contributed by atoms with Crippen molar-refractivity contribution in [1.29, 1.82) is 0 Å². The first-order valence-corrected chi connectivity index (χ1v) is 7.00. The summed E-state index contributed by atoms with van der Waals surface area (Å²) < 4.78 is 18.4. The lowest BCUT2D eigenvalue weighted by atomic mass is 9.91. The van der Waals surface area contributed by atoms with Gasteiger partial charge < -0.3 is 10.9 Å². The van der Waals surface area contributed by atoms with Gasteiger partial charge in [0.25, 0.3) is 0 Å². The number of carbonyl (C=O) groups is 1. The van der Waals surface area contributed by atoms with Gasteiger partial charge in [0.15, 0.2) is 0 Å². The molecule has 0 bridgehead atoms. The van der Waals surface area contributed by atoms with Gasteiger partial charge in [-0.1, -0.05) is 43.3 Å². The van der Waals surface area contributed by atoms with Crippen LogP contribution in [0.15, 0.2) is 48.5 Å². The predicted octanol–water partition coefficient (Wildman–Crippen LogP) is 4.84. The zero-order chi connectivity index (χ0) is 15.5. The van der Waals surface area contributed by atoms with Gasteiger partial charge in [-0.05, 0) is 42.2 Å². The van der Waals surface area contributed by atoms with Crippen molar-refractivity contribution in [3.63, 3.8) is 0 Å². The minimum absolute atomic E-state index is 0. The maximum absolute atomic E-state index is 12.9. The van der Waals surface area contributed by atoms with E-state index in [9.17, 15) is 9.18 Å². The Balaban J connectivity index is 0.00000242. The van der Waals surface area contributed by atoms with Gasteiger partial charge in [-0.15, -0.1) is 0 Å². The summed E-state index contributed by atoms with van der Waals surface area (Å²) >= 11 is 0. The van der Waals surface area contributed by atoms with Crippen LogP contribution in [0.25, 0.3) is 11.1 Å². The number of hydrogen-bond donors (Lipinski definition) is 1. The highest BCUT2D eigenvalue weighted by atomic mass is 19.1. The third-order valence-electron chi connectivity index (χ3n) is 3.72. The van der Waals surface area contributed by atoms with E-state index in [-0.39, 0.29) is 17.9 Å². The van der Waals surface area contributed by atoms with Crippen LogP contribution in [0.5, 0.6) is 0 Å². The van der Waals surface area contributed by atoms with E-state index in [1.54, 1.807) is 12.1 Å². The number of carbonyl (C=O) groups excluding carboxylic acids is 1. The first kappa shape index (κ1) is 17.9. The Morgan fingerprint density at radius 2 is 1.50 bits per heavy atom. The molecule has 0 radical (unpaired) electrons. The molecule has 0 fully saturated rings. The molecule has 0 amide bonds. The second kappa shape index (κ2) is 7.18. The molecule has 2 aromatic carbocycles. The van der Waals surface area contributed by atoms with E-state index in [4.69, 9.17) is 4.74 Å². The zero-order valence-corrected chi connectivity index (χ0v) is 13.2. The lowest BCUT2D eigenvalue weighted by Crippen LogP contribution is -2.27. The van der Waals surface area contributed by atoms with Crippen LogP contribution in [-0.2, 0) is 15.1 Å². The molecular formula is C18H22FNO2. The Kier molecular flexibility index (Phi) is 5.83. The van der Waals surface area contributed by atoms with Crippen LogP contribution >= 0.6 is 0 Å². The molecule has 4 heteroatoms. The molecule has 1 unspecified atom stereocenters. The van der Waals surface area contributed by atoms with Crippen LogP contribution in [0.2, 0.25) is 0 Å². The van der Waals surface area contributed by atoms with Gasteiger partial charge in [0.05, 0.1) is 0 Å². The number of rotatable bonds is 4. The largest absolute Gasteiger partial charge is 0.455 e. The highest BCUT2D eigenvalue weighted by Crippen LogP contribution is 2.31. The topological polar surface area (TPSA) is 61.3 Å². The van der Waals surface area contributed by atoms with Crippen LogP contribution in [-0.4, -0.2) is 5.97 Å². The third kappa shape index (κ3) is 3.92. The Bertz CT molecular complexity index is 623. The van der Waals surface area contributed by atoms with Gasteiger partial charge in [-0.3, -0.25) is 4.79 Å². The maximum Gasteiger partial charge on any atom is 0.303 e. The number of ether oxygens (including phenoxy) is 1. The van der Waals surface area contributed by atoms with Crippen molar-refractivity contribution in [3.05, 3.63) is 59.9 Å². The van der Waals surface area contributed by atoms with Crippen molar-refractivity contribution in [3.8, 4) is 11.1 Å². The Morgan fingerprint density at radius 3 is 1.91 bits per heavy atom. The van der Waals surface area contributed by atoms with E-state index in [0.29, 0.717) is 6.42 Å². The molecule has 22 heavy (non-hydrogen) atoms. The number of benzene rings is 2. The maximum atomic E-state index is 12.9. The van der Waals surface area contributed by atoms with Crippen LogP contribution in [0.4, 0.5) is 4.39 Å². The SMILES string of the molecule is CCC(C)(OC(C)=O)c1ccc(-c2ccc(F)cc2)cc1.N. The van der Waals surface area contributed by atoms with Crippen molar-refractivity contribution in [2.45, 2.75) is 32.8 Å². The molecule has 2 aromatic rings. The highest BCUT2D eigenvalue weighted by Gasteiger charge is 2.27. The third-order valence-corrected chi connectivity index (χ3v) is 3.72. The minimum atomic E-state index is -0.618. The van der Waals surface area contributed by atoms with Gasteiger partial charge >= 0.3 is 5.97 Å². The fourth-order valence-electron chi connectivity index (χ4n) is 2.31. The molecule has 118 valence electrons.